The number of benzene rings is 2. The van der Waals surface area contributed by atoms with Crippen molar-refractivity contribution in [3.63, 3.8) is 0 Å². The highest BCUT2D eigenvalue weighted by atomic mass is 35.5. The maximum absolute atomic E-state index is 12.1. The van der Waals surface area contributed by atoms with Gasteiger partial charge in [0.2, 0.25) is 5.91 Å². The molecule has 0 bridgehead atoms. The van der Waals surface area contributed by atoms with Gasteiger partial charge in [0.15, 0.2) is 0 Å². The normalized spacial score (nSPS) is 10.2. The highest BCUT2D eigenvalue weighted by Crippen LogP contribution is 2.24. The van der Waals surface area contributed by atoms with E-state index in [9.17, 15) is 9.59 Å². The zero-order chi connectivity index (χ0) is 18.4. The predicted molar refractivity (Wildman–Crippen MR) is 101 cm³/mol. The van der Waals surface area contributed by atoms with E-state index in [1.165, 1.54) is 7.11 Å². The van der Waals surface area contributed by atoms with Crippen molar-refractivity contribution < 1.29 is 14.3 Å². The van der Waals surface area contributed by atoms with Crippen molar-refractivity contribution in [2.45, 2.75) is 13.3 Å². The van der Waals surface area contributed by atoms with Gasteiger partial charge < -0.3 is 15.4 Å². The molecule has 0 spiro atoms. The first kappa shape index (κ1) is 19.1. The Morgan fingerprint density at radius 3 is 2.56 bits per heavy atom. The van der Waals surface area contributed by atoms with Gasteiger partial charge in [-0.2, -0.15) is 0 Å². The van der Waals surface area contributed by atoms with E-state index in [4.69, 9.17) is 23.2 Å². The lowest BCUT2D eigenvalue weighted by Gasteiger charge is -2.11. The third-order valence-corrected chi connectivity index (χ3v) is 4.09. The van der Waals surface area contributed by atoms with Crippen molar-refractivity contribution in [1.82, 2.24) is 0 Å². The molecular weight excluding hydrogens is 363 g/mol. The first-order chi connectivity index (χ1) is 11.9. The van der Waals surface area contributed by atoms with E-state index >= 15 is 0 Å². The second kappa shape index (κ2) is 8.74. The van der Waals surface area contributed by atoms with Crippen LogP contribution in [0, 0.1) is 6.92 Å². The van der Waals surface area contributed by atoms with Gasteiger partial charge in [-0.1, -0.05) is 29.3 Å². The lowest BCUT2D eigenvalue weighted by molar-refractivity contribution is -0.115. The molecule has 0 saturated carbocycles. The maximum atomic E-state index is 12.1. The fourth-order valence-electron chi connectivity index (χ4n) is 2.16. The minimum absolute atomic E-state index is 0.155. The largest absolute Gasteiger partial charge is 0.465 e. The Morgan fingerprint density at radius 1 is 1.08 bits per heavy atom. The summed E-state index contributed by atoms with van der Waals surface area (Å²) in [6, 6.07) is 10.1. The lowest BCUT2D eigenvalue weighted by Crippen LogP contribution is -2.17. The van der Waals surface area contributed by atoms with Crippen LogP contribution >= 0.6 is 23.2 Å². The number of carbonyl (C=O) groups is 2. The number of carbonyl (C=O) groups excluding carboxylic acids is 2. The molecule has 0 aromatic heterocycles. The van der Waals surface area contributed by atoms with Gasteiger partial charge in [0.05, 0.1) is 23.4 Å². The van der Waals surface area contributed by atoms with Crippen molar-refractivity contribution in [2.24, 2.45) is 0 Å². The molecule has 1 amide bonds. The molecule has 2 aromatic carbocycles. The molecule has 0 aliphatic rings. The molecule has 0 aliphatic carbocycles. The SMILES string of the molecule is COC(=O)c1ccc(Cl)c(NCCC(=O)Nc2cc(Cl)ccc2C)c1. The Kier molecular flexibility index (Phi) is 6.67. The van der Waals surface area contributed by atoms with Gasteiger partial charge in [-0.05, 0) is 42.8 Å². The summed E-state index contributed by atoms with van der Waals surface area (Å²) in [5.74, 6) is -0.605. The molecule has 0 radical (unpaired) electrons. The van der Waals surface area contributed by atoms with Crippen LogP contribution in [-0.4, -0.2) is 25.5 Å². The van der Waals surface area contributed by atoms with Crippen LogP contribution in [0.2, 0.25) is 10.0 Å². The first-order valence-electron chi connectivity index (χ1n) is 7.58. The molecule has 0 aliphatic heterocycles. The number of amides is 1. The Labute approximate surface area is 156 Å². The van der Waals surface area contributed by atoms with Gasteiger partial charge in [-0.15, -0.1) is 0 Å². The molecule has 2 N–H and O–H groups in total. The number of ether oxygens (including phenoxy) is 1. The van der Waals surface area contributed by atoms with Crippen molar-refractivity contribution in [2.75, 3.05) is 24.3 Å². The van der Waals surface area contributed by atoms with Crippen molar-refractivity contribution in [1.29, 1.82) is 0 Å². The third-order valence-electron chi connectivity index (χ3n) is 3.53. The van der Waals surface area contributed by atoms with Gasteiger partial charge in [0.25, 0.3) is 0 Å². The van der Waals surface area contributed by atoms with Gasteiger partial charge in [0.1, 0.15) is 0 Å². The smallest absolute Gasteiger partial charge is 0.337 e. The van der Waals surface area contributed by atoms with Crippen LogP contribution in [0.5, 0.6) is 0 Å². The maximum Gasteiger partial charge on any atom is 0.337 e. The lowest BCUT2D eigenvalue weighted by atomic mass is 10.2. The molecule has 0 saturated heterocycles. The summed E-state index contributed by atoms with van der Waals surface area (Å²) < 4.78 is 4.68. The predicted octanol–water partition coefficient (Wildman–Crippen LogP) is 4.53. The molecule has 0 heterocycles. The fourth-order valence-corrected chi connectivity index (χ4v) is 2.51. The van der Waals surface area contributed by atoms with Crippen LogP contribution in [0.25, 0.3) is 0 Å². The summed E-state index contributed by atoms with van der Waals surface area (Å²) in [5.41, 5.74) is 2.56. The van der Waals surface area contributed by atoms with Crippen molar-refractivity contribution in [3.05, 3.63) is 57.6 Å². The number of rotatable bonds is 6. The van der Waals surface area contributed by atoms with Gasteiger partial charge in [-0.3, -0.25) is 4.79 Å². The highest BCUT2D eigenvalue weighted by molar-refractivity contribution is 6.33. The number of methoxy groups -OCH3 is 1. The number of nitrogens with one attached hydrogen (secondary N) is 2. The third kappa shape index (κ3) is 5.37. The molecule has 0 unspecified atom stereocenters. The van der Waals surface area contributed by atoms with Crippen molar-refractivity contribution in [3.8, 4) is 0 Å². The number of hydrogen-bond acceptors (Lipinski definition) is 4. The number of halogens is 2. The summed E-state index contributed by atoms with van der Waals surface area (Å²) in [6.07, 6.45) is 0.227. The minimum atomic E-state index is -0.450. The van der Waals surface area contributed by atoms with Gasteiger partial charge in [0, 0.05) is 23.7 Å². The van der Waals surface area contributed by atoms with E-state index < -0.39 is 5.97 Å². The Bertz CT molecular complexity index is 794. The summed E-state index contributed by atoms with van der Waals surface area (Å²) in [4.78, 5) is 23.6. The zero-order valence-electron chi connectivity index (χ0n) is 13.9. The van der Waals surface area contributed by atoms with Crippen LogP contribution in [-0.2, 0) is 9.53 Å². The number of anilines is 2. The van der Waals surface area contributed by atoms with Gasteiger partial charge in [-0.25, -0.2) is 4.79 Å². The molecule has 0 atom stereocenters. The Balaban J connectivity index is 1.93. The van der Waals surface area contributed by atoms with E-state index in [0.717, 1.165) is 5.56 Å². The van der Waals surface area contributed by atoms with Crippen LogP contribution in [0.1, 0.15) is 22.3 Å². The minimum Gasteiger partial charge on any atom is -0.465 e. The monoisotopic (exact) mass is 380 g/mol. The van der Waals surface area contributed by atoms with Crippen LogP contribution < -0.4 is 10.6 Å². The molecular formula is C18H18Cl2N2O3. The van der Waals surface area contributed by atoms with Crippen molar-refractivity contribution >= 4 is 46.5 Å². The molecule has 25 heavy (non-hydrogen) atoms. The van der Waals surface area contributed by atoms with E-state index in [1.807, 2.05) is 13.0 Å². The average Bonchev–Trinajstić information content (AvgIpc) is 2.59. The summed E-state index contributed by atoms with van der Waals surface area (Å²) in [6.45, 7) is 2.25. The fraction of sp³-hybridized carbons (Fsp3) is 0.222. The highest BCUT2D eigenvalue weighted by Gasteiger charge is 2.10. The number of esters is 1. The molecule has 132 valence electrons. The van der Waals surface area contributed by atoms with Crippen LogP contribution in [0.15, 0.2) is 36.4 Å². The average molecular weight is 381 g/mol. The molecule has 7 heteroatoms. The van der Waals surface area contributed by atoms with E-state index in [2.05, 4.69) is 15.4 Å². The van der Waals surface area contributed by atoms with Crippen LogP contribution in [0.3, 0.4) is 0 Å². The number of hydrogen-bond donors (Lipinski definition) is 2. The summed E-state index contributed by atoms with van der Waals surface area (Å²) >= 11 is 12.0. The van der Waals surface area contributed by atoms with E-state index in [-0.39, 0.29) is 12.3 Å². The molecule has 2 rings (SSSR count). The number of aryl methyl sites for hydroxylation is 1. The second-order valence-electron chi connectivity index (χ2n) is 5.37. The summed E-state index contributed by atoms with van der Waals surface area (Å²) in [5, 5.41) is 6.89. The molecule has 0 fully saturated rings. The standard InChI is InChI=1S/C18H18Cl2N2O3/c1-11-3-5-13(19)10-15(11)22-17(23)7-8-21-16-9-12(18(24)25-2)4-6-14(16)20/h3-6,9-10,21H,7-8H2,1-2H3,(H,22,23). The summed E-state index contributed by atoms with van der Waals surface area (Å²) in [7, 11) is 1.31. The van der Waals surface area contributed by atoms with Gasteiger partial charge >= 0.3 is 5.97 Å². The molecule has 5 nitrogen and oxygen atoms in total. The van der Waals surface area contributed by atoms with E-state index in [1.54, 1.807) is 30.3 Å². The zero-order valence-corrected chi connectivity index (χ0v) is 15.4. The Hall–Kier alpha value is -2.24. The molecule has 2 aromatic rings. The quantitative estimate of drug-likeness (QED) is 0.722. The van der Waals surface area contributed by atoms with E-state index in [0.29, 0.717) is 33.5 Å². The second-order valence-corrected chi connectivity index (χ2v) is 6.21. The first-order valence-corrected chi connectivity index (χ1v) is 8.34. The topological polar surface area (TPSA) is 67.4 Å². The van der Waals surface area contributed by atoms with Crippen LogP contribution in [0.4, 0.5) is 11.4 Å². The Morgan fingerprint density at radius 2 is 1.84 bits per heavy atom.